The van der Waals surface area contributed by atoms with Gasteiger partial charge in [-0.1, -0.05) is 44.0 Å². The molecule has 0 aliphatic carbocycles. The number of amides is 1. The van der Waals surface area contributed by atoms with E-state index in [0.717, 1.165) is 0 Å². The number of rotatable bonds is 4. The third-order valence-electron chi connectivity index (χ3n) is 4.93. The third kappa shape index (κ3) is 5.11. The molecule has 2 heterocycles. The van der Waals surface area contributed by atoms with Gasteiger partial charge in [0, 0.05) is 29.4 Å². The highest BCUT2D eigenvalue weighted by molar-refractivity contribution is 7.89. The third-order valence-corrected chi connectivity index (χ3v) is 7.54. The van der Waals surface area contributed by atoms with Gasteiger partial charge >= 0.3 is 0 Å². The normalized spacial score (nSPS) is 16.4. The number of sulfonamides is 1. The van der Waals surface area contributed by atoms with E-state index in [1.54, 1.807) is 12.4 Å². The first-order valence-electron chi connectivity index (χ1n) is 9.57. The molecule has 0 radical (unpaired) electrons. The Labute approximate surface area is 186 Å². The molecule has 1 aliphatic rings. The second kappa shape index (κ2) is 8.78. The maximum Gasteiger partial charge on any atom is 0.244 e. The lowest BCUT2D eigenvalue weighted by atomic mass is 9.96. The van der Waals surface area contributed by atoms with Crippen LogP contribution in [-0.4, -0.2) is 41.7 Å². The molecule has 0 spiro atoms. The second-order valence-corrected chi connectivity index (χ2v) is 11.0. The van der Waals surface area contributed by atoms with Gasteiger partial charge in [0.1, 0.15) is 10.7 Å². The van der Waals surface area contributed by atoms with E-state index in [0.29, 0.717) is 29.4 Å². The van der Waals surface area contributed by atoms with Crippen molar-refractivity contribution in [1.29, 1.82) is 0 Å². The molecule has 3 rings (SSSR count). The summed E-state index contributed by atoms with van der Waals surface area (Å²) in [5, 5.41) is 3.24. The molecule has 10 heteroatoms. The Hall–Kier alpha value is -1.74. The standard InChI is InChI=1S/C20H24Cl2N4O3S/c1-20(2,3)19-23-11-15(12-24-19)25-18(27)13-6-8-26(9-7-13)30(28,29)17-10-14(21)4-5-16(17)22/h4-5,10-13H,6-9H2,1-3H3,(H,25,27). The Morgan fingerprint density at radius 1 is 1.13 bits per heavy atom. The van der Waals surface area contributed by atoms with Crippen molar-refractivity contribution >= 4 is 44.8 Å². The minimum Gasteiger partial charge on any atom is -0.323 e. The van der Waals surface area contributed by atoms with Crippen LogP contribution in [0.15, 0.2) is 35.5 Å². The fourth-order valence-electron chi connectivity index (χ4n) is 3.20. The quantitative estimate of drug-likeness (QED) is 0.724. The highest BCUT2D eigenvalue weighted by Gasteiger charge is 2.33. The fraction of sp³-hybridized carbons (Fsp3) is 0.450. The van der Waals surface area contributed by atoms with Gasteiger partial charge in [-0.3, -0.25) is 4.79 Å². The van der Waals surface area contributed by atoms with Crippen molar-refractivity contribution in [2.75, 3.05) is 18.4 Å². The molecule has 7 nitrogen and oxygen atoms in total. The molecule has 1 N–H and O–H groups in total. The van der Waals surface area contributed by atoms with Gasteiger partial charge in [0.05, 0.1) is 23.1 Å². The number of benzene rings is 1. The van der Waals surface area contributed by atoms with Gasteiger partial charge in [-0.2, -0.15) is 4.31 Å². The predicted octanol–water partition coefficient (Wildman–Crippen LogP) is 4.12. The molecule has 1 aromatic carbocycles. The van der Waals surface area contributed by atoms with E-state index < -0.39 is 10.0 Å². The topological polar surface area (TPSA) is 92.3 Å². The van der Waals surface area contributed by atoms with E-state index in [1.165, 1.54) is 22.5 Å². The zero-order chi connectivity index (χ0) is 22.1. The van der Waals surface area contributed by atoms with E-state index in [4.69, 9.17) is 23.2 Å². The molecular formula is C20H24Cl2N4O3S. The first-order chi connectivity index (χ1) is 14.0. The number of piperidine rings is 1. The number of hydrogen-bond donors (Lipinski definition) is 1. The van der Waals surface area contributed by atoms with Crippen LogP contribution in [0.4, 0.5) is 5.69 Å². The lowest BCUT2D eigenvalue weighted by Gasteiger charge is -2.30. The van der Waals surface area contributed by atoms with Crippen molar-refractivity contribution in [3.63, 3.8) is 0 Å². The van der Waals surface area contributed by atoms with Gasteiger partial charge in [0.15, 0.2) is 0 Å². The molecular weight excluding hydrogens is 447 g/mol. The van der Waals surface area contributed by atoms with Crippen molar-refractivity contribution in [1.82, 2.24) is 14.3 Å². The van der Waals surface area contributed by atoms with Crippen LogP contribution in [0.3, 0.4) is 0 Å². The van der Waals surface area contributed by atoms with E-state index in [9.17, 15) is 13.2 Å². The van der Waals surface area contributed by atoms with Crippen LogP contribution in [0.5, 0.6) is 0 Å². The monoisotopic (exact) mass is 470 g/mol. The summed E-state index contributed by atoms with van der Waals surface area (Å²) in [5.41, 5.74) is 0.348. The molecule has 0 saturated carbocycles. The molecule has 30 heavy (non-hydrogen) atoms. The SMILES string of the molecule is CC(C)(C)c1ncc(NC(=O)C2CCN(S(=O)(=O)c3cc(Cl)ccc3Cl)CC2)cn1. The maximum atomic E-state index is 12.9. The Balaban J connectivity index is 1.62. The number of nitrogens with zero attached hydrogens (tertiary/aromatic N) is 3. The summed E-state index contributed by atoms with van der Waals surface area (Å²) >= 11 is 12.0. The largest absolute Gasteiger partial charge is 0.323 e. The summed E-state index contributed by atoms with van der Waals surface area (Å²) < 4.78 is 27.2. The summed E-state index contributed by atoms with van der Waals surface area (Å²) in [7, 11) is -3.78. The Kier molecular flexibility index (Phi) is 6.72. The van der Waals surface area contributed by atoms with Crippen LogP contribution in [0.1, 0.15) is 39.4 Å². The van der Waals surface area contributed by atoms with Crippen molar-refractivity contribution in [3.8, 4) is 0 Å². The lowest BCUT2D eigenvalue weighted by Crippen LogP contribution is -2.41. The van der Waals surface area contributed by atoms with Crippen molar-refractivity contribution in [3.05, 3.63) is 46.5 Å². The van der Waals surface area contributed by atoms with Gasteiger partial charge in [0.2, 0.25) is 15.9 Å². The summed E-state index contributed by atoms with van der Waals surface area (Å²) in [6.07, 6.45) is 3.99. The number of hydrogen-bond acceptors (Lipinski definition) is 5. The molecule has 0 bridgehead atoms. The minimum absolute atomic E-state index is 0.0179. The van der Waals surface area contributed by atoms with Gasteiger partial charge in [0.25, 0.3) is 0 Å². The molecule has 0 unspecified atom stereocenters. The molecule has 162 valence electrons. The highest BCUT2D eigenvalue weighted by Crippen LogP contribution is 2.30. The van der Waals surface area contributed by atoms with Gasteiger partial charge in [-0.05, 0) is 31.0 Å². The average Bonchev–Trinajstić information content (AvgIpc) is 2.69. The molecule has 1 saturated heterocycles. The van der Waals surface area contributed by atoms with Crippen molar-refractivity contribution in [2.24, 2.45) is 5.92 Å². The number of anilines is 1. The van der Waals surface area contributed by atoms with E-state index in [1.807, 2.05) is 20.8 Å². The fourth-order valence-corrected chi connectivity index (χ4v) is 5.40. The van der Waals surface area contributed by atoms with Crippen LogP contribution < -0.4 is 5.32 Å². The van der Waals surface area contributed by atoms with Gasteiger partial charge < -0.3 is 5.32 Å². The Morgan fingerprint density at radius 3 is 2.30 bits per heavy atom. The number of carbonyl (C=O) groups is 1. The lowest BCUT2D eigenvalue weighted by molar-refractivity contribution is -0.120. The highest BCUT2D eigenvalue weighted by atomic mass is 35.5. The zero-order valence-electron chi connectivity index (χ0n) is 17.0. The average molecular weight is 471 g/mol. The van der Waals surface area contributed by atoms with Crippen LogP contribution in [0.25, 0.3) is 0 Å². The van der Waals surface area contributed by atoms with Crippen molar-refractivity contribution < 1.29 is 13.2 Å². The minimum atomic E-state index is -3.78. The summed E-state index contributed by atoms with van der Waals surface area (Å²) in [6.45, 7) is 6.49. The first kappa shape index (κ1) is 22.9. The number of nitrogens with one attached hydrogen (secondary N) is 1. The van der Waals surface area contributed by atoms with Crippen LogP contribution >= 0.6 is 23.2 Å². The van der Waals surface area contributed by atoms with Crippen LogP contribution in [-0.2, 0) is 20.2 Å². The number of halogens is 2. The van der Waals surface area contributed by atoms with Crippen LogP contribution in [0, 0.1) is 5.92 Å². The zero-order valence-corrected chi connectivity index (χ0v) is 19.4. The molecule has 2 aromatic rings. The summed E-state index contributed by atoms with van der Waals surface area (Å²) in [4.78, 5) is 21.2. The molecule has 1 amide bonds. The molecule has 0 atom stereocenters. The van der Waals surface area contributed by atoms with E-state index >= 15 is 0 Å². The van der Waals surface area contributed by atoms with E-state index in [-0.39, 0.29) is 40.2 Å². The predicted molar refractivity (Wildman–Crippen MR) is 117 cm³/mol. The molecule has 1 fully saturated rings. The summed E-state index contributed by atoms with van der Waals surface area (Å²) in [6, 6.07) is 4.35. The van der Waals surface area contributed by atoms with E-state index in [2.05, 4.69) is 15.3 Å². The van der Waals surface area contributed by atoms with Crippen molar-refractivity contribution in [2.45, 2.75) is 43.9 Å². The second-order valence-electron chi connectivity index (χ2n) is 8.29. The number of aromatic nitrogens is 2. The van der Waals surface area contributed by atoms with Gasteiger partial charge in [-0.25, -0.2) is 18.4 Å². The number of carbonyl (C=O) groups excluding carboxylic acids is 1. The Bertz CT molecular complexity index is 1030. The Morgan fingerprint density at radius 2 is 1.73 bits per heavy atom. The first-order valence-corrected chi connectivity index (χ1v) is 11.8. The summed E-state index contributed by atoms with van der Waals surface area (Å²) in [5.74, 6) is 0.229. The smallest absolute Gasteiger partial charge is 0.244 e. The maximum absolute atomic E-state index is 12.9. The molecule has 1 aliphatic heterocycles. The van der Waals surface area contributed by atoms with Gasteiger partial charge in [-0.15, -0.1) is 0 Å². The molecule has 1 aromatic heterocycles. The van der Waals surface area contributed by atoms with Crippen LogP contribution in [0.2, 0.25) is 10.0 Å².